The molecular formula is C18H19N5O2S2. The molecule has 140 valence electrons. The number of aromatic nitrogens is 4. The molecule has 27 heavy (non-hydrogen) atoms. The van der Waals surface area contributed by atoms with Crippen molar-refractivity contribution in [2.45, 2.75) is 32.9 Å². The van der Waals surface area contributed by atoms with Gasteiger partial charge >= 0.3 is 0 Å². The SMILES string of the molecule is CCCN(Cc1nnc(-c2cccs2)o1)[C@H](C)c1nnc(-c2cccs2)o1. The van der Waals surface area contributed by atoms with E-state index in [4.69, 9.17) is 8.83 Å². The summed E-state index contributed by atoms with van der Waals surface area (Å²) in [6.07, 6.45) is 0.988. The van der Waals surface area contributed by atoms with E-state index < -0.39 is 0 Å². The molecule has 0 amide bonds. The summed E-state index contributed by atoms with van der Waals surface area (Å²) in [4.78, 5) is 4.15. The molecule has 0 aromatic carbocycles. The molecular weight excluding hydrogens is 382 g/mol. The Hall–Kier alpha value is -2.36. The predicted octanol–water partition coefficient (Wildman–Crippen LogP) is 4.88. The van der Waals surface area contributed by atoms with Gasteiger partial charge in [0.25, 0.3) is 11.8 Å². The summed E-state index contributed by atoms with van der Waals surface area (Å²) in [6.45, 7) is 5.58. The van der Waals surface area contributed by atoms with Crippen LogP contribution in [-0.4, -0.2) is 31.8 Å². The van der Waals surface area contributed by atoms with E-state index in [-0.39, 0.29) is 6.04 Å². The number of thiophene rings is 2. The van der Waals surface area contributed by atoms with Crippen LogP contribution in [0.4, 0.5) is 0 Å². The van der Waals surface area contributed by atoms with Crippen molar-refractivity contribution in [3.8, 4) is 21.5 Å². The predicted molar refractivity (Wildman–Crippen MR) is 104 cm³/mol. The van der Waals surface area contributed by atoms with Gasteiger partial charge in [0.2, 0.25) is 11.8 Å². The van der Waals surface area contributed by atoms with E-state index in [9.17, 15) is 0 Å². The lowest BCUT2D eigenvalue weighted by molar-refractivity contribution is 0.160. The lowest BCUT2D eigenvalue weighted by atomic mass is 10.2. The van der Waals surface area contributed by atoms with Crippen LogP contribution in [0.2, 0.25) is 0 Å². The van der Waals surface area contributed by atoms with Gasteiger partial charge in [0.1, 0.15) is 0 Å². The van der Waals surface area contributed by atoms with Gasteiger partial charge in [-0.05, 0) is 42.8 Å². The van der Waals surface area contributed by atoms with Gasteiger partial charge in [-0.3, -0.25) is 4.90 Å². The van der Waals surface area contributed by atoms with Gasteiger partial charge < -0.3 is 8.83 Å². The third-order valence-electron chi connectivity index (χ3n) is 4.13. The van der Waals surface area contributed by atoms with Crippen molar-refractivity contribution < 1.29 is 8.83 Å². The molecule has 0 saturated carbocycles. The summed E-state index contributed by atoms with van der Waals surface area (Å²) in [5.41, 5.74) is 0. The lowest BCUT2D eigenvalue weighted by Crippen LogP contribution is -2.28. The zero-order valence-corrected chi connectivity index (χ0v) is 16.7. The average Bonchev–Trinajstić information content (AvgIpc) is 3.48. The molecule has 4 aromatic heterocycles. The highest BCUT2D eigenvalue weighted by Crippen LogP contribution is 2.28. The van der Waals surface area contributed by atoms with Crippen molar-refractivity contribution in [2.75, 3.05) is 6.54 Å². The number of hydrogen-bond donors (Lipinski definition) is 0. The van der Waals surface area contributed by atoms with Gasteiger partial charge in [0.05, 0.1) is 22.3 Å². The first-order valence-electron chi connectivity index (χ1n) is 8.72. The van der Waals surface area contributed by atoms with Crippen LogP contribution < -0.4 is 0 Å². The van der Waals surface area contributed by atoms with Crippen molar-refractivity contribution in [2.24, 2.45) is 0 Å². The van der Waals surface area contributed by atoms with Gasteiger partial charge in [-0.1, -0.05) is 19.1 Å². The highest BCUT2D eigenvalue weighted by Gasteiger charge is 2.24. The van der Waals surface area contributed by atoms with Crippen LogP contribution in [0.5, 0.6) is 0 Å². The highest BCUT2D eigenvalue weighted by atomic mass is 32.1. The van der Waals surface area contributed by atoms with Crippen molar-refractivity contribution in [3.05, 3.63) is 46.8 Å². The summed E-state index contributed by atoms with van der Waals surface area (Å²) >= 11 is 3.16. The second-order valence-electron chi connectivity index (χ2n) is 6.05. The second-order valence-corrected chi connectivity index (χ2v) is 7.94. The van der Waals surface area contributed by atoms with E-state index in [0.717, 1.165) is 22.7 Å². The average molecular weight is 402 g/mol. The van der Waals surface area contributed by atoms with Gasteiger partial charge in [-0.2, -0.15) is 0 Å². The van der Waals surface area contributed by atoms with Gasteiger partial charge in [-0.25, -0.2) is 0 Å². The molecule has 0 N–H and O–H groups in total. The first-order valence-corrected chi connectivity index (χ1v) is 10.5. The molecule has 0 saturated heterocycles. The Bertz CT molecular complexity index is 962. The smallest absolute Gasteiger partial charge is 0.257 e. The van der Waals surface area contributed by atoms with Crippen LogP contribution in [0.15, 0.2) is 43.9 Å². The molecule has 4 aromatic rings. The van der Waals surface area contributed by atoms with E-state index >= 15 is 0 Å². The summed E-state index contributed by atoms with van der Waals surface area (Å²) in [5, 5.41) is 20.8. The van der Waals surface area contributed by atoms with Crippen LogP contribution >= 0.6 is 22.7 Å². The van der Waals surface area contributed by atoms with Crippen LogP contribution in [0, 0.1) is 0 Å². The fourth-order valence-corrected chi connectivity index (χ4v) is 4.04. The molecule has 0 spiro atoms. The molecule has 0 fully saturated rings. The Kier molecular flexibility index (Phi) is 5.42. The molecule has 1 atom stereocenters. The minimum atomic E-state index is -0.0525. The van der Waals surface area contributed by atoms with Crippen molar-refractivity contribution >= 4 is 22.7 Å². The second kappa shape index (κ2) is 8.12. The molecule has 4 rings (SSSR count). The van der Waals surface area contributed by atoms with Gasteiger partial charge in [0, 0.05) is 0 Å². The maximum Gasteiger partial charge on any atom is 0.257 e. The molecule has 0 aliphatic rings. The van der Waals surface area contributed by atoms with Crippen LogP contribution in [-0.2, 0) is 6.54 Å². The van der Waals surface area contributed by atoms with Gasteiger partial charge in [0.15, 0.2) is 0 Å². The largest absolute Gasteiger partial charge is 0.419 e. The summed E-state index contributed by atoms with van der Waals surface area (Å²) in [5.74, 6) is 2.28. The van der Waals surface area contributed by atoms with Crippen molar-refractivity contribution in [1.82, 2.24) is 25.3 Å². The molecule has 7 nitrogen and oxygen atoms in total. The third-order valence-corrected chi connectivity index (χ3v) is 5.84. The van der Waals surface area contributed by atoms with Crippen molar-refractivity contribution in [1.29, 1.82) is 0 Å². The van der Waals surface area contributed by atoms with E-state index in [2.05, 4.69) is 39.1 Å². The van der Waals surface area contributed by atoms with E-state index in [1.54, 1.807) is 22.7 Å². The summed E-state index contributed by atoms with van der Waals surface area (Å²) in [7, 11) is 0. The Morgan fingerprint density at radius 2 is 1.63 bits per heavy atom. The minimum absolute atomic E-state index is 0.0525. The monoisotopic (exact) mass is 401 g/mol. The van der Waals surface area contributed by atoms with Gasteiger partial charge in [-0.15, -0.1) is 43.1 Å². The molecule has 0 radical (unpaired) electrons. The van der Waals surface area contributed by atoms with Crippen molar-refractivity contribution in [3.63, 3.8) is 0 Å². The maximum atomic E-state index is 5.90. The number of nitrogens with zero attached hydrogens (tertiary/aromatic N) is 5. The number of rotatable bonds is 8. The summed E-state index contributed by atoms with van der Waals surface area (Å²) in [6, 6.07) is 7.83. The normalized spacial score (nSPS) is 12.7. The summed E-state index contributed by atoms with van der Waals surface area (Å²) < 4.78 is 11.7. The standard InChI is InChI=1S/C18H19N5O2S2/c1-3-8-23(11-15-19-21-17(24-15)13-6-4-9-26-13)12(2)16-20-22-18(25-16)14-7-5-10-27-14/h4-7,9-10,12H,3,8,11H2,1-2H3/t12-/m1/s1. The highest BCUT2D eigenvalue weighted by molar-refractivity contribution is 7.13. The van der Waals surface area contributed by atoms with Crippen LogP contribution in [0.3, 0.4) is 0 Å². The number of hydrogen-bond acceptors (Lipinski definition) is 9. The van der Waals surface area contributed by atoms with Crippen LogP contribution in [0.25, 0.3) is 21.5 Å². The first-order chi connectivity index (χ1) is 13.2. The molecule has 0 aliphatic carbocycles. The third kappa shape index (κ3) is 4.00. The van der Waals surface area contributed by atoms with E-state index in [1.165, 1.54) is 0 Å². The zero-order valence-electron chi connectivity index (χ0n) is 15.0. The van der Waals surface area contributed by atoms with E-state index in [0.29, 0.717) is 30.1 Å². The Morgan fingerprint density at radius 1 is 0.963 bits per heavy atom. The maximum absolute atomic E-state index is 5.90. The fourth-order valence-electron chi connectivity index (χ4n) is 2.75. The first kappa shape index (κ1) is 18.0. The zero-order chi connectivity index (χ0) is 18.6. The Balaban J connectivity index is 1.50. The molecule has 0 aliphatic heterocycles. The molecule has 4 heterocycles. The molecule has 0 bridgehead atoms. The van der Waals surface area contributed by atoms with E-state index in [1.807, 2.05) is 35.0 Å². The lowest BCUT2D eigenvalue weighted by Gasteiger charge is -2.24. The quantitative estimate of drug-likeness (QED) is 0.416. The topological polar surface area (TPSA) is 81.1 Å². The minimum Gasteiger partial charge on any atom is -0.419 e. The Morgan fingerprint density at radius 3 is 2.26 bits per heavy atom. The fraction of sp³-hybridized carbons (Fsp3) is 0.333. The molecule has 9 heteroatoms. The Labute approximate surface area is 164 Å². The molecule has 0 unspecified atom stereocenters. The van der Waals surface area contributed by atoms with Crippen LogP contribution in [0.1, 0.15) is 38.1 Å².